The number of carbonyl (C=O) groups excluding carboxylic acids is 1. The fourth-order valence-corrected chi connectivity index (χ4v) is 2.55. The van der Waals surface area contributed by atoms with Gasteiger partial charge in [0.25, 0.3) is 0 Å². The maximum Gasteiger partial charge on any atom is 0.222 e. The average molecular weight is 299 g/mol. The molecule has 1 aromatic rings. The summed E-state index contributed by atoms with van der Waals surface area (Å²) in [6.07, 6.45) is 3.28. The van der Waals surface area contributed by atoms with Gasteiger partial charge in [-0.25, -0.2) is 0 Å². The topological polar surface area (TPSA) is 55.6 Å². The molecule has 1 saturated heterocycles. The summed E-state index contributed by atoms with van der Waals surface area (Å²) in [5.41, 5.74) is 6.98. The molecule has 1 aromatic carbocycles. The molecule has 1 aliphatic heterocycles. The van der Waals surface area contributed by atoms with Crippen molar-refractivity contribution in [1.82, 2.24) is 4.90 Å². The predicted molar refractivity (Wildman–Crippen MR) is 82.4 cm³/mol. The van der Waals surface area contributed by atoms with Gasteiger partial charge in [0.2, 0.25) is 5.91 Å². The van der Waals surface area contributed by atoms with Crippen LogP contribution < -0.4 is 10.5 Å². The van der Waals surface area contributed by atoms with Crippen LogP contribution in [0.2, 0.25) is 0 Å². The molecule has 1 aliphatic rings. The Kier molecular flexibility index (Phi) is 6.82. The number of aryl methyl sites for hydroxylation is 1. The Labute approximate surface area is 126 Å². The van der Waals surface area contributed by atoms with Gasteiger partial charge in [0.1, 0.15) is 5.75 Å². The van der Waals surface area contributed by atoms with E-state index in [4.69, 9.17) is 10.5 Å². The first-order chi connectivity index (χ1) is 9.20. The lowest BCUT2D eigenvalue weighted by Gasteiger charge is -2.30. The Balaban J connectivity index is 0.00000200. The Morgan fingerprint density at radius 3 is 2.90 bits per heavy atom. The molecule has 2 N–H and O–H groups in total. The molecule has 1 unspecified atom stereocenters. The normalized spacial score (nSPS) is 18.3. The minimum atomic E-state index is 0. The summed E-state index contributed by atoms with van der Waals surface area (Å²) in [5.74, 6) is 1.05. The van der Waals surface area contributed by atoms with E-state index >= 15 is 0 Å². The Morgan fingerprint density at radius 1 is 1.45 bits per heavy atom. The number of halogens is 1. The summed E-state index contributed by atoms with van der Waals surface area (Å²) >= 11 is 0. The SMILES string of the molecule is COc1ccccc1CCC(=O)N1CCCC(N)C1.Cl. The smallest absolute Gasteiger partial charge is 0.222 e. The van der Waals surface area contributed by atoms with Gasteiger partial charge < -0.3 is 15.4 Å². The Morgan fingerprint density at radius 2 is 2.20 bits per heavy atom. The zero-order valence-corrected chi connectivity index (χ0v) is 12.7. The van der Waals surface area contributed by atoms with Crippen molar-refractivity contribution in [1.29, 1.82) is 0 Å². The van der Waals surface area contributed by atoms with Crippen LogP contribution in [0.25, 0.3) is 0 Å². The summed E-state index contributed by atoms with van der Waals surface area (Å²) in [6, 6.07) is 7.99. The molecule has 1 amide bonds. The number of ether oxygens (including phenoxy) is 1. The van der Waals surface area contributed by atoms with Crippen LogP contribution in [-0.4, -0.2) is 37.0 Å². The van der Waals surface area contributed by atoms with Gasteiger partial charge in [-0.3, -0.25) is 4.79 Å². The molecule has 4 nitrogen and oxygen atoms in total. The van der Waals surface area contributed by atoms with E-state index in [0.717, 1.165) is 30.7 Å². The van der Waals surface area contributed by atoms with Crippen LogP contribution in [0.5, 0.6) is 5.75 Å². The van der Waals surface area contributed by atoms with Crippen molar-refractivity contribution < 1.29 is 9.53 Å². The first-order valence-electron chi connectivity index (χ1n) is 6.86. The predicted octanol–water partition coefficient (Wildman–Crippen LogP) is 2.00. The quantitative estimate of drug-likeness (QED) is 0.925. The van der Waals surface area contributed by atoms with Crippen LogP contribution >= 0.6 is 12.4 Å². The molecule has 112 valence electrons. The van der Waals surface area contributed by atoms with E-state index in [2.05, 4.69) is 0 Å². The molecule has 0 radical (unpaired) electrons. The van der Waals surface area contributed by atoms with Crippen molar-refractivity contribution in [2.75, 3.05) is 20.2 Å². The first-order valence-corrected chi connectivity index (χ1v) is 6.86. The van der Waals surface area contributed by atoms with Gasteiger partial charge in [0, 0.05) is 25.6 Å². The number of likely N-dealkylation sites (tertiary alicyclic amines) is 1. The average Bonchev–Trinajstić information content (AvgIpc) is 2.45. The standard InChI is InChI=1S/C15H22N2O2.ClH/c1-19-14-7-3-2-5-12(14)8-9-15(18)17-10-4-6-13(16)11-17;/h2-3,5,7,13H,4,6,8-11,16H2,1H3;1H. The maximum absolute atomic E-state index is 12.1. The molecule has 0 aromatic heterocycles. The number of carbonyl (C=O) groups is 1. The van der Waals surface area contributed by atoms with Crippen molar-refractivity contribution in [2.45, 2.75) is 31.7 Å². The third-order valence-corrected chi connectivity index (χ3v) is 3.61. The van der Waals surface area contributed by atoms with Crippen LogP contribution in [-0.2, 0) is 11.2 Å². The van der Waals surface area contributed by atoms with E-state index < -0.39 is 0 Å². The molecule has 5 heteroatoms. The van der Waals surface area contributed by atoms with E-state index in [1.807, 2.05) is 29.2 Å². The maximum atomic E-state index is 12.1. The van der Waals surface area contributed by atoms with Gasteiger partial charge in [0.05, 0.1) is 7.11 Å². The molecule has 0 bridgehead atoms. The molecule has 0 saturated carbocycles. The molecular weight excluding hydrogens is 276 g/mol. The molecule has 1 atom stereocenters. The van der Waals surface area contributed by atoms with Gasteiger partial charge in [-0.05, 0) is 30.9 Å². The zero-order chi connectivity index (χ0) is 13.7. The number of rotatable bonds is 4. The second-order valence-electron chi connectivity index (χ2n) is 5.05. The molecule has 0 spiro atoms. The summed E-state index contributed by atoms with van der Waals surface area (Å²) in [7, 11) is 1.66. The lowest BCUT2D eigenvalue weighted by atomic mass is 10.0. The van der Waals surface area contributed by atoms with Crippen LogP contribution in [0.3, 0.4) is 0 Å². The number of piperidine rings is 1. The number of para-hydroxylation sites is 1. The first kappa shape index (κ1) is 16.8. The second-order valence-corrected chi connectivity index (χ2v) is 5.05. The number of nitrogens with two attached hydrogens (primary N) is 1. The van der Waals surface area contributed by atoms with Crippen LogP contribution in [0.1, 0.15) is 24.8 Å². The summed E-state index contributed by atoms with van der Waals surface area (Å²) < 4.78 is 5.30. The molecular formula is C15H23ClN2O2. The van der Waals surface area contributed by atoms with E-state index in [0.29, 0.717) is 19.4 Å². The number of nitrogens with zero attached hydrogens (tertiary/aromatic N) is 1. The van der Waals surface area contributed by atoms with Crippen molar-refractivity contribution in [3.05, 3.63) is 29.8 Å². The Hall–Kier alpha value is -1.26. The number of methoxy groups -OCH3 is 1. The zero-order valence-electron chi connectivity index (χ0n) is 11.9. The van der Waals surface area contributed by atoms with Gasteiger partial charge in [-0.1, -0.05) is 18.2 Å². The van der Waals surface area contributed by atoms with E-state index in [1.54, 1.807) is 7.11 Å². The second kappa shape index (κ2) is 8.12. The van der Waals surface area contributed by atoms with Crippen LogP contribution in [0, 0.1) is 0 Å². The van der Waals surface area contributed by atoms with E-state index in [9.17, 15) is 4.79 Å². The fourth-order valence-electron chi connectivity index (χ4n) is 2.55. The van der Waals surface area contributed by atoms with Gasteiger partial charge >= 0.3 is 0 Å². The molecule has 1 fully saturated rings. The lowest BCUT2D eigenvalue weighted by Crippen LogP contribution is -2.45. The molecule has 0 aliphatic carbocycles. The summed E-state index contributed by atoms with van der Waals surface area (Å²) in [4.78, 5) is 14.0. The van der Waals surface area contributed by atoms with Gasteiger partial charge in [-0.2, -0.15) is 0 Å². The van der Waals surface area contributed by atoms with Crippen molar-refractivity contribution in [3.63, 3.8) is 0 Å². The minimum Gasteiger partial charge on any atom is -0.496 e. The highest BCUT2D eigenvalue weighted by molar-refractivity contribution is 5.85. The molecule has 20 heavy (non-hydrogen) atoms. The number of benzene rings is 1. The molecule has 1 heterocycles. The summed E-state index contributed by atoms with van der Waals surface area (Å²) in [6.45, 7) is 1.54. The highest BCUT2D eigenvalue weighted by atomic mass is 35.5. The highest BCUT2D eigenvalue weighted by Crippen LogP contribution is 2.19. The summed E-state index contributed by atoms with van der Waals surface area (Å²) in [5, 5.41) is 0. The number of hydrogen-bond donors (Lipinski definition) is 1. The minimum absolute atomic E-state index is 0. The van der Waals surface area contributed by atoms with Crippen molar-refractivity contribution >= 4 is 18.3 Å². The highest BCUT2D eigenvalue weighted by Gasteiger charge is 2.21. The third-order valence-electron chi connectivity index (χ3n) is 3.61. The monoisotopic (exact) mass is 298 g/mol. The van der Waals surface area contributed by atoms with Crippen molar-refractivity contribution in [2.24, 2.45) is 5.73 Å². The third kappa shape index (κ3) is 4.39. The van der Waals surface area contributed by atoms with Gasteiger partial charge in [0.15, 0.2) is 0 Å². The van der Waals surface area contributed by atoms with Crippen molar-refractivity contribution in [3.8, 4) is 5.75 Å². The fraction of sp³-hybridized carbons (Fsp3) is 0.533. The lowest BCUT2D eigenvalue weighted by molar-refractivity contribution is -0.132. The van der Waals surface area contributed by atoms with Crippen LogP contribution in [0.15, 0.2) is 24.3 Å². The Bertz CT molecular complexity index is 440. The van der Waals surface area contributed by atoms with Gasteiger partial charge in [-0.15, -0.1) is 12.4 Å². The number of amides is 1. The van der Waals surface area contributed by atoms with Crippen LogP contribution in [0.4, 0.5) is 0 Å². The largest absolute Gasteiger partial charge is 0.496 e. The van der Waals surface area contributed by atoms with E-state index in [1.165, 1.54) is 0 Å². The molecule has 2 rings (SSSR count). The van der Waals surface area contributed by atoms with E-state index in [-0.39, 0.29) is 24.4 Å². The number of hydrogen-bond acceptors (Lipinski definition) is 3.